The normalized spacial score (nSPS) is 11.6. The molecule has 0 saturated heterocycles. The van der Waals surface area contributed by atoms with Crippen molar-refractivity contribution in [2.24, 2.45) is 0 Å². The van der Waals surface area contributed by atoms with E-state index < -0.39 is 10.0 Å². The first-order valence-electron chi connectivity index (χ1n) is 8.35. The van der Waals surface area contributed by atoms with E-state index in [1.165, 1.54) is 19.1 Å². The standard InChI is InChI=1S/C19H23ClN2O3S/c1-14(2)16-8-4-6-10-18(16)22(15(3)23)13-12-21-26(24,25)19-11-7-5-9-17(19)20/h4-11,14,21H,12-13H2,1-3H3. The lowest BCUT2D eigenvalue weighted by molar-refractivity contribution is -0.116. The highest BCUT2D eigenvalue weighted by Crippen LogP contribution is 2.27. The molecule has 5 nitrogen and oxygen atoms in total. The molecular formula is C19H23ClN2O3S. The Bertz CT molecular complexity index is 882. The van der Waals surface area contributed by atoms with Crippen LogP contribution < -0.4 is 9.62 Å². The van der Waals surface area contributed by atoms with E-state index in [0.29, 0.717) is 0 Å². The third-order valence-electron chi connectivity index (χ3n) is 3.98. The number of halogens is 1. The number of amides is 1. The molecule has 2 rings (SSSR count). The van der Waals surface area contributed by atoms with Gasteiger partial charge >= 0.3 is 0 Å². The summed E-state index contributed by atoms with van der Waals surface area (Å²) < 4.78 is 27.3. The average molecular weight is 395 g/mol. The second-order valence-electron chi connectivity index (χ2n) is 6.21. The van der Waals surface area contributed by atoms with E-state index in [-0.39, 0.29) is 34.8 Å². The molecule has 0 unspecified atom stereocenters. The Morgan fingerprint density at radius 2 is 1.73 bits per heavy atom. The van der Waals surface area contributed by atoms with Gasteiger partial charge in [-0.25, -0.2) is 13.1 Å². The van der Waals surface area contributed by atoms with E-state index in [1.54, 1.807) is 17.0 Å². The maximum absolute atomic E-state index is 12.4. The van der Waals surface area contributed by atoms with E-state index in [2.05, 4.69) is 18.6 Å². The molecule has 0 atom stereocenters. The summed E-state index contributed by atoms with van der Waals surface area (Å²) in [5.41, 5.74) is 1.84. The first-order valence-corrected chi connectivity index (χ1v) is 10.2. The minimum atomic E-state index is -3.74. The lowest BCUT2D eigenvalue weighted by atomic mass is 10.0. The van der Waals surface area contributed by atoms with Crippen molar-refractivity contribution in [1.29, 1.82) is 0 Å². The molecule has 0 spiro atoms. The van der Waals surface area contributed by atoms with E-state index in [1.807, 2.05) is 24.3 Å². The van der Waals surface area contributed by atoms with Crippen LogP contribution in [0.15, 0.2) is 53.4 Å². The third kappa shape index (κ3) is 4.84. The maximum Gasteiger partial charge on any atom is 0.242 e. The van der Waals surface area contributed by atoms with Gasteiger partial charge in [0, 0.05) is 25.7 Å². The van der Waals surface area contributed by atoms with Crippen LogP contribution in [-0.2, 0) is 14.8 Å². The molecule has 0 aromatic heterocycles. The minimum absolute atomic E-state index is 0.0265. The number of benzene rings is 2. The topological polar surface area (TPSA) is 66.5 Å². The minimum Gasteiger partial charge on any atom is -0.311 e. The van der Waals surface area contributed by atoms with Crippen LogP contribution in [-0.4, -0.2) is 27.4 Å². The van der Waals surface area contributed by atoms with Gasteiger partial charge in [0.1, 0.15) is 4.90 Å². The fourth-order valence-corrected chi connectivity index (χ4v) is 4.24. The van der Waals surface area contributed by atoms with Gasteiger partial charge in [-0.3, -0.25) is 4.79 Å². The monoisotopic (exact) mass is 394 g/mol. The molecule has 1 N–H and O–H groups in total. The van der Waals surface area contributed by atoms with E-state index in [4.69, 9.17) is 11.6 Å². The number of hydrogen-bond acceptors (Lipinski definition) is 3. The summed E-state index contributed by atoms with van der Waals surface area (Å²) in [6.45, 7) is 5.89. The summed E-state index contributed by atoms with van der Waals surface area (Å²) in [7, 11) is -3.74. The molecule has 140 valence electrons. The molecule has 2 aromatic rings. The Labute approximate surface area is 160 Å². The first-order chi connectivity index (χ1) is 12.2. The summed E-state index contributed by atoms with van der Waals surface area (Å²) in [6, 6.07) is 13.9. The molecule has 2 aromatic carbocycles. The Hall–Kier alpha value is -1.89. The molecular weight excluding hydrogens is 372 g/mol. The number of rotatable bonds is 7. The van der Waals surface area contributed by atoms with Crippen molar-refractivity contribution in [2.75, 3.05) is 18.0 Å². The Kier molecular flexibility index (Phi) is 6.81. The van der Waals surface area contributed by atoms with E-state index >= 15 is 0 Å². The highest BCUT2D eigenvalue weighted by molar-refractivity contribution is 7.89. The van der Waals surface area contributed by atoms with Crippen LogP contribution in [0.1, 0.15) is 32.3 Å². The predicted octanol–water partition coefficient (Wildman–Crippen LogP) is 3.79. The summed E-state index contributed by atoms with van der Waals surface area (Å²) >= 11 is 5.97. The molecule has 0 heterocycles. The van der Waals surface area contributed by atoms with Crippen molar-refractivity contribution in [3.05, 3.63) is 59.1 Å². The fourth-order valence-electron chi connectivity index (χ4n) is 2.70. The second kappa shape index (κ2) is 8.66. The van der Waals surface area contributed by atoms with Gasteiger partial charge in [-0.05, 0) is 29.7 Å². The number of sulfonamides is 1. The molecule has 0 aliphatic rings. The lowest BCUT2D eigenvalue weighted by Gasteiger charge is -2.25. The van der Waals surface area contributed by atoms with Crippen LogP contribution in [0, 0.1) is 0 Å². The van der Waals surface area contributed by atoms with Crippen molar-refractivity contribution in [3.8, 4) is 0 Å². The third-order valence-corrected chi connectivity index (χ3v) is 5.94. The molecule has 0 saturated carbocycles. The summed E-state index contributed by atoms with van der Waals surface area (Å²) in [5.74, 6) is 0.0999. The van der Waals surface area contributed by atoms with Crippen LogP contribution in [0.25, 0.3) is 0 Å². The van der Waals surface area contributed by atoms with Crippen molar-refractivity contribution >= 4 is 33.2 Å². The van der Waals surface area contributed by atoms with Crippen LogP contribution in [0.2, 0.25) is 5.02 Å². The number of nitrogens with one attached hydrogen (secondary N) is 1. The number of anilines is 1. The number of para-hydroxylation sites is 1. The fraction of sp³-hybridized carbons (Fsp3) is 0.316. The highest BCUT2D eigenvalue weighted by Gasteiger charge is 2.20. The van der Waals surface area contributed by atoms with Gasteiger partial charge in [-0.1, -0.05) is 55.8 Å². The molecule has 0 aliphatic heterocycles. The number of carbonyl (C=O) groups is 1. The van der Waals surface area contributed by atoms with Gasteiger partial charge in [0.25, 0.3) is 0 Å². The van der Waals surface area contributed by atoms with E-state index in [0.717, 1.165) is 11.3 Å². The van der Waals surface area contributed by atoms with Crippen molar-refractivity contribution in [1.82, 2.24) is 4.72 Å². The second-order valence-corrected chi connectivity index (χ2v) is 8.35. The smallest absolute Gasteiger partial charge is 0.242 e. The molecule has 0 fully saturated rings. The quantitative estimate of drug-likeness (QED) is 0.776. The van der Waals surface area contributed by atoms with E-state index in [9.17, 15) is 13.2 Å². The van der Waals surface area contributed by atoms with Gasteiger partial charge in [-0.2, -0.15) is 0 Å². The van der Waals surface area contributed by atoms with Crippen molar-refractivity contribution in [2.45, 2.75) is 31.6 Å². The first kappa shape index (κ1) is 20.4. The molecule has 26 heavy (non-hydrogen) atoms. The SMILES string of the molecule is CC(=O)N(CCNS(=O)(=O)c1ccccc1Cl)c1ccccc1C(C)C. The van der Waals surface area contributed by atoms with Gasteiger partial charge < -0.3 is 4.90 Å². The van der Waals surface area contributed by atoms with Crippen molar-refractivity contribution in [3.63, 3.8) is 0 Å². The van der Waals surface area contributed by atoms with Crippen LogP contribution >= 0.6 is 11.6 Å². The Morgan fingerprint density at radius 1 is 1.12 bits per heavy atom. The van der Waals surface area contributed by atoms with Crippen molar-refractivity contribution < 1.29 is 13.2 Å². The molecule has 0 radical (unpaired) electrons. The largest absolute Gasteiger partial charge is 0.311 e. The average Bonchev–Trinajstić information content (AvgIpc) is 2.58. The number of carbonyl (C=O) groups excluding carboxylic acids is 1. The number of nitrogens with zero attached hydrogens (tertiary/aromatic N) is 1. The van der Waals surface area contributed by atoms with Gasteiger partial charge in [-0.15, -0.1) is 0 Å². The lowest BCUT2D eigenvalue weighted by Crippen LogP contribution is -2.38. The summed E-state index contributed by atoms with van der Waals surface area (Å²) in [6.07, 6.45) is 0. The summed E-state index contributed by atoms with van der Waals surface area (Å²) in [4.78, 5) is 13.7. The molecule has 0 bridgehead atoms. The summed E-state index contributed by atoms with van der Waals surface area (Å²) in [5, 5.41) is 0.161. The van der Waals surface area contributed by atoms with Crippen LogP contribution in [0.5, 0.6) is 0 Å². The highest BCUT2D eigenvalue weighted by atomic mass is 35.5. The van der Waals surface area contributed by atoms with Gasteiger partial charge in [0.05, 0.1) is 5.02 Å². The Balaban J connectivity index is 2.16. The molecule has 1 amide bonds. The zero-order valence-corrected chi connectivity index (χ0v) is 16.6. The zero-order chi connectivity index (χ0) is 19.3. The van der Waals surface area contributed by atoms with Crippen LogP contribution in [0.3, 0.4) is 0 Å². The van der Waals surface area contributed by atoms with Gasteiger partial charge in [0.2, 0.25) is 15.9 Å². The predicted molar refractivity (Wildman–Crippen MR) is 105 cm³/mol. The van der Waals surface area contributed by atoms with Crippen LogP contribution in [0.4, 0.5) is 5.69 Å². The zero-order valence-electron chi connectivity index (χ0n) is 15.1. The van der Waals surface area contributed by atoms with Gasteiger partial charge in [0.15, 0.2) is 0 Å². The maximum atomic E-state index is 12.4. The molecule has 7 heteroatoms. The number of hydrogen-bond donors (Lipinski definition) is 1. The Morgan fingerprint density at radius 3 is 2.35 bits per heavy atom. The molecule has 0 aliphatic carbocycles.